The van der Waals surface area contributed by atoms with Crippen molar-refractivity contribution in [1.29, 1.82) is 10.8 Å². The van der Waals surface area contributed by atoms with Crippen LogP contribution in [0, 0.1) is 16.7 Å². The molecule has 0 saturated carbocycles. The van der Waals surface area contributed by atoms with Crippen LogP contribution in [0.2, 0.25) is 0 Å². The van der Waals surface area contributed by atoms with Crippen molar-refractivity contribution in [1.82, 2.24) is 101 Å². The predicted octanol–water partition coefficient (Wildman–Crippen LogP) is -11.7. The number of primary amides is 3. The van der Waals surface area contributed by atoms with Gasteiger partial charge in [0.05, 0.1) is 45.3 Å². The lowest BCUT2D eigenvalue weighted by Crippen LogP contribution is -2.61. The molecule has 2 rings (SSSR count). The molecule has 0 fully saturated rings. The highest BCUT2D eigenvalue weighted by atomic mass is 16.3. The summed E-state index contributed by atoms with van der Waals surface area (Å²) in [5.74, 6) is -20.5. The van der Waals surface area contributed by atoms with Gasteiger partial charge in [0.2, 0.25) is 112 Å². The van der Waals surface area contributed by atoms with Crippen molar-refractivity contribution in [3.63, 3.8) is 0 Å². The Bertz CT molecular complexity index is 4230. The van der Waals surface area contributed by atoms with Crippen molar-refractivity contribution >= 4 is 130 Å². The average molecular weight is 1880 g/mol. The third-order valence-electron chi connectivity index (χ3n) is 19.8. The van der Waals surface area contributed by atoms with Gasteiger partial charge in [0.1, 0.15) is 78.5 Å². The van der Waals surface area contributed by atoms with Gasteiger partial charge in [-0.2, -0.15) is 0 Å². The molecule has 740 valence electrons. The van der Waals surface area contributed by atoms with Gasteiger partial charge in [-0.1, -0.05) is 62.4 Å². The number of rotatable bonds is 66. The number of hydrogen-bond donors (Lipinski definition) is 31. The number of carbonyl (C=O) groups is 20. The number of carbonyl (C=O) groups excluding carboxylic acids is 20. The number of unbranched alkanes of at least 4 members (excludes halogenated alkanes) is 3. The van der Waals surface area contributed by atoms with Crippen LogP contribution < -0.4 is 147 Å². The second-order valence-electron chi connectivity index (χ2n) is 31.6. The van der Waals surface area contributed by atoms with Crippen molar-refractivity contribution < 1.29 is 106 Å². The Morgan fingerprint density at radius 2 is 0.699 bits per heavy atom. The molecule has 0 unspecified atom stereocenters. The molecule has 20 amide bonds. The first-order valence-electron chi connectivity index (χ1n) is 43.5. The zero-order valence-corrected chi connectivity index (χ0v) is 75.4. The van der Waals surface area contributed by atoms with Gasteiger partial charge in [-0.25, -0.2) is 0 Å². The summed E-state index contributed by atoms with van der Waals surface area (Å²) < 4.78 is 0. The lowest BCUT2D eigenvalue weighted by Gasteiger charge is -2.28. The van der Waals surface area contributed by atoms with E-state index in [0.717, 1.165) is 6.92 Å². The van der Waals surface area contributed by atoms with Gasteiger partial charge in [-0.05, 0) is 160 Å². The van der Waals surface area contributed by atoms with E-state index >= 15 is 0 Å². The Morgan fingerprint density at radius 3 is 1.12 bits per heavy atom. The number of aliphatic hydroxyl groups is 2. The third kappa shape index (κ3) is 48.1. The zero-order valence-electron chi connectivity index (χ0n) is 75.4. The highest BCUT2D eigenvalue weighted by Gasteiger charge is 2.38. The first kappa shape index (κ1) is 115. The summed E-state index contributed by atoms with van der Waals surface area (Å²) in [6.45, 7) is 3.57. The highest BCUT2D eigenvalue weighted by Crippen LogP contribution is 2.14. The maximum atomic E-state index is 14.5. The Balaban J connectivity index is 2.34. The van der Waals surface area contributed by atoms with Crippen molar-refractivity contribution in [2.24, 2.45) is 51.8 Å². The van der Waals surface area contributed by atoms with Crippen molar-refractivity contribution in [3.05, 3.63) is 71.8 Å². The van der Waals surface area contributed by atoms with Crippen LogP contribution in [0.1, 0.15) is 160 Å². The summed E-state index contributed by atoms with van der Waals surface area (Å²) >= 11 is 0. The molecule has 133 heavy (non-hydrogen) atoms. The quantitative estimate of drug-likeness (QED) is 0.0166. The molecule has 51 nitrogen and oxygen atoms in total. The Morgan fingerprint density at radius 1 is 0.338 bits per heavy atom. The maximum absolute atomic E-state index is 14.5. The van der Waals surface area contributed by atoms with Crippen LogP contribution >= 0.6 is 0 Å². The summed E-state index contributed by atoms with van der Waals surface area (Å²) in [6, 6.07) is -4.10. The molecule has 0 saturated heterocycles. The van der Waals surface area contributed by atoms with E-state index in [4.69, 9.17) is 56.7 Å². The molecule has 14 atom stereocenters. The summed E-state index contributed by atoms with van der Waals surface area (Å²) in [5, 5.41) is 82.9. The molecular formula is C82H135N29O22. The zero-order chi connectivity index (χ0) is 99.8. The van der Waals surface area contributed by atoms with E-state index < -0.39 is 254 Å². The molecule has 0 aliphatic rings. The number of amides is 20. The minimum atomic E-state index is -1.86. The fourth-order valence-corrected chi connectivity index (χ4v) is 12.6. The van der Waals surface area contributed by atoms with Crippen LogP contribution in [-0.4, -0.2) is 290 Å². The van der Waals surface area contributed by atoms with Crippen molar-refractivity contribution in [3.8, 4) is 0 Å². The molecule has 0 radical (unpaired) electrons. The van der Waals surface area contributed by atoms with Crippen LogP contribution in [0.5, 0.6) is 0 Å². The molecule has 0 heterocycles. The first-order valence-corrected chi connectivity index (χ1v) is 43.5. The summed E-state index contributed by atoms with van der Waals surface area (Å²) in [6.07, 6.45) is -2.59. The van der Waals surface area contributed by atoms with E-state index in [9.17, 15) is 106 Å². The van der Waals surface area contributed by atoms with E-state index in [1.807, 2.05) is 0 Å². The number of benzene rings is 2. The van der Waals surface area contributed by atoms with Gasteiger partial charge in [0.25, 0.3) is 5.91 Å². The van der Waals surface area contributed by atoms with E-state index in [1.165, 1.54) is 26.0 Å². The monoisotopic (exact) mass is 1880 g/mol. The molecule has 0 bridgehead atoms. The number of hydrogen-bond acceptors (Lipinski definition) is 27. The van der Waals surface area contributed by atoms with Crippen LogP contribution in [0.4, 0.5) is 0 Å². The molecular weight excluding hydrogens is 1740 g/mol. The highest BCUT2D eigenvalue weighted by molar-refractivity contribution is 6.02. The van der Waals surface area contributed by atoms with E-state index in [1.54, 1.807) is 62.4 Å². The predicted molar refractivity (Wildman–Crippen MR) is 481 cm³/mol. The molecule has 0 aromatic heterocycles. The van der Waals surface area contributed by atoms with Crippen LogP contribution in [0.25, 0.3) is 0 Å². The average Bonchev–Trinajstić information content (AvgIpc) is 0.918. The molecule has 0 aliphatic heterocycles. The van der Waals surface area contributed by atoms with Gasteiger partial charge in [0.15, 0.2) is 11.9 Å². The Hall–Kier alpha value is -13.8. The van der Waals surface area contributed by atoms with Gasteiger partial charge in [0, 0.05) is 31.5 Å². The third-order valence-corrected chi connectivity index (χ3v) is 19.8. The van der Waals surface area contributed by atoms with E-state index in [2.05, 4.69) is 101 Å². The van der Waals surface area contributed by atoms with Crippen LogP contribution in [0.3, 0.4) is 0 Å². The minimum Gasteiger partial charge on any atom is -0.394 e. The normalized spacial score (nSPS) is 14.0. The topological polar surface area (TPSA) is 866 Å². The fourth-order valence-electron chi connectivity index (χ4n) is 12.6. The largest absolute Gasteiger partial charge is 0.394 e. The lowest BCUT2D eigenvalue weighted by molar-refractivity contribution is -0.136. The molecule has 39 N–H and O–H groups in total. The molecule has 51 heteroatoms. The van der Waals surface area contributed by atoms with Crippen LogP contribution in [0.15, 0.2) is 60.7 Å². The maximum Gasteiger partial charge on any atom is 0.251 e. The Labute approximate surface area is 768 Å². The molecule has 0 aliphatic carbocycles. The first-order chi connectivity index (χ1) is 62.9. The van der Waals surface area contributed by atoms with Crippen molar-refractivity contribution in [2.45, 2.75) is 235 Å². The second-order valence-corrected chi connectivity index (χ2v) is 31.6. The van der Waals surface area contributed by atoms with Crippen molar-refractivity contribution in [2.75, 3.05) is 65.5 Å². The number of nitrogens with two attached hydrogens (primary N) is 8. The minimum absolute atomic E-state index is 0.0189. The number of aliphatic hydroxyl groups excluding tert-OH is 2. The number of nitrogens with one attached hydrogen (secondary N) is 21. The summed E-state index contributed by atoms with van der Waals surface area (Å²) in [5.41, 5.74) is 45.2. The van der Waals surface area contributed by atoms with Gasteiger partial charge in [-0.3, -0.25) is 107 Å². The fraction of sp³-hybridized carbons (Fsp3) is 0.585. The lowest BCUT2D eigenvalue weighted by atomic mass is 10.00. The molecule has 2 aromatic carbocycles. The standard InChI is InChI=1S/C82H135N29O22/c1-44(2)36-56(76(129)107-52(25-13-16-32-84)74(127)109-58(38-61(87)115)77(130)102-50(67(88)120)29-30-60(86)114)108-73(126)51(24-12-15-31-83)105-72(125)55(28-19-35-94-82(91)92)104-69(122)46(4)100-79(132)59(43-112)110-75(128)53(26-14-17-33-85)106-71(124)54(27-18-34-93-81(89)90)103-68(121)45(3)99-64(118)42-98-80(133)66(47(5)113)111-78(131)57(37-48-20-8-6-9-21-48)101-65(119)41-96-62(116)39-95-63(117)40-97-70(123)49-22-10-7-11-23-49/h6-11,20-23,44-47,50-59,66,112-113H,12-19,24-43,83-85H2,1-5H3,(H2,86,114)(H2,87,115)(H2,88,120)(H,95,117)(H,96,116)(H,97,123)(H,98,133)(H,99,118)(H,100,132)(H,101,119)(H,102,130)(H,103,121)(H,104,122)(H,105,125)(H,106,124)(H,107,129)(H,108,126)(H,109,127)(H,110,128)(H,111,131)(H4,89,90,93)(H4,91,92,94)/t45-,46-,47+,50-,51-,52-,53-,54-,55-,56-,57-,58-,59-,66-/m0/s1. The number of guanidine groups is 2. The van der Waals surface area contributed by atoms with Gasteiger partial charge < -0.3 is 157 Å². The van der Waals surface area contributed by atoms with Gasteiger partial charge in [-0.15, -0.1) is 0 Å². The molecule has 2 aromatic rings. The van der Waals surface area contributed by atoms with E-state index in [0.29, 0.717) is 30.4 Å². The second kappa shape index (κ2) is 63.2. The van der Waals surface area contributed by atoms with E-state index in [-0.39, 0.29) is 129 Å². The van der Waals surface area contributed by atoms with Crippen LogP contribution in [-0.2, 0) is 97.5 Å². The molecule has 0 spiro atoms. The summed E-state index contributed by atoms with van der Waals surface area (Å²) in [4.78, 5) is 269. The smallest absolute Gasteiger partial charge is 0.251 e. The van der Waals surface area contributed by atoms with Gasteiger partial charge >= 0.3 is 0 Å². The summed E-state index contributed by atoms with van der Waals surface area (Å²) in [7, 11) is 0. The Kier molecular flexibility index (Phi) is 54.8. The SMILES string of the molecule is CC(C)C[C@H](NC(=O)[C@H](CCCCN)NC(=O)[C@H](CCCNC(=N)N)NC(=O)[C@H](C)NC(=O)[C@H](CO)NC(=O)[C@H](CCCCN)NC(=O)[C@H](CCCNC(=N)N)NC(=O)[C@H](C)NC(=O)CNC(=O)[C@@H](NC(=O)[C@H](Cc1ccccc1)NC(=O)CNC(=O)CNC(=O)CNC(=O)c1ccccc1)[C@@H](C)O)C(=O)N[C@@H](CCCCN)C(=O)N[C@@H](CC(N)=O)C(=O)N[C@@H](CCC(N)=O)C(N)=O.